The summed E-state index contributed by atoms with van der Waals surface area (Å²) in [7, 11) is 0. The van der Waals surface area contributed by atoms with E-state index in [0.29, 0.717) is 0 Å². The summed E-state index contributed by atoms with van der Waals surface area (Å²) in [6.07, 6.45) is 1.14. The van der Waals surface area contributed by atoms with Crippen LogP contribution in [0.4, 0.5) is 14.9 Å². The van der Waals surface area contributed by atoms with Crippen LogP contribution in [0.2, 0.25) is 0 Å². The zero-order valence-electron chi connectivity index (χ0n) is 13.5. The smallest absolute Gasteiger partial charge is 0.329 e. The van der Waals surface area contributed by atoms with E-state index in [4.69, 9.17) is 0 Å². The highest BCUT2D eigenvalue weighted by Gasteiger charge is 2.34. The molecule has 0 unspecified atom stereocenters. The number of rotatable bonds is 4. The predicted octanol–water partition coefficient (Wildman–Crippen LogP) is 3.14. The van der Waals surface area contributed by atoms with E-state index in [1.165, 1.54) is 24.3 Å². The van der Waals surface area contributed by atoms with Crippen LogP contribution >= 0.6 is 22.6 Å². The first-order valence-corrected chi connectivity index (χ1v) is 8.60. The zero-order valence-corrected chi connectivity index (χ0v) is 15.6. The Hall–Kier alpha value is -3.02. The number of hydrogen-bond donors (Lipinski definition) is 2. The van der Waals surface area contributed by atoms with Gasteiger partial charge in [-0.25, -0.2) is 9.18 Å². The molecule has 0 aliphatic carbocycles. The van der Waals surface area contributed by atoms with Gasteiger partial charge in [-0.05, 0) is 34.7 Å². The van der Waals surface area contributed by atoms with Crippen LogP contribution in [-0.4, -0.2) is 26.9 Å². The van der Waals surface area contributed by atoms with Crippen LogP contribution < -0.4 is 5.32 Å². The minimum atomic E-state index is -0.755. The Morgan fingerprint density at radius 3 is 2.67 bits per heavy atom. The standard InChI is InChI=1S/C17H11FIN3O5/c18-12-4-2-1-3-9(12)8-21-16(24)14(20-17(21)25)6-10-5-11(22(26)27)7-13(19)15(10)23/h1-7,23H,8H2,(H,20,25)/b14-6+. The molecule has 1 heterocycles. The molecule has 1 saturated heterocycles. The molecular weight excluding hydrogens is 472 g/mol. The Morgan fingerprint density at radius 1 is 1.30 bits per heavy atom. The van der Waals surface area contributed by atoms with Gasteiger partial charge in [-0.2, -0.15) is 0 Å². The average molecular weight is 483 g/mol. The number of carbonyl (C=O) groups excluding carboxylic acids is 2. The van der Waals surface area contributed by atoms with Gasteiger partial charge in [0.15, 0.2) is 0 Å². The van der Waals surface area contributed by atoms with Crippen molar-refractivity contribution in [2.45, 2.75) is 6.54 Å². The minimum Gasteiger partial charge on any atom is -0.506 e. The van der Waals surface area contributed by atoms with Gasteiger partial charge in [-0.1, -0.05) is 18.2 Å². The number of urea groups is 1. The van der Waals surface area contributed by atoms with Crippen molar-refractivity contribution in [1.82, 2.24) is 10.2 Å². The summed E-state index contributed by atoms with van der Waals surface area (Å²) in [6.45, 7) is -0.271. The van der Waals surface area contributed by atoms with Gasteiger partial charge in [0.05, 0.1) is 15.0 Å². The van der Waals surface area contributed by atoms with Crippen LogP contribution in [0.3, 0.4) is 0 Å². The van der Waals surface area contributed by atoms with Crippen molar-refractivity contribution in [2.75, 3.05) is 0 Å². The molecule has 0 spiro atoms. The Bertz CT molecular complexity index is 1010. The molecule has 1 aliphatic rings. The van der Waals surface area contributed by atoms with Crippen molar-refractivity contribution in [3.05, 3.63) is 72.7 Å². The number of nitro benzene ring substituents is 1. The molecule has 0 radical (unpaired) electrons. The fraction of sp³-hybridized carbons (Fsp3) is 0.0588. The van der Waals surface area contributed by atoms with Gasteiger partial charge in [-0.3, -0.25) is 19.8 Å². The van der Waals surface area contributed by atoms with Crippen LogP contribution in [0.5, 0.6) is 5.75 Å². The molecule has 1 aliphatic heterocycles. The SMILES string of the molecule is O=C1N/C(=C/c2cc([N+](=O)[O-])cc(I)c2O)C(=O)N1Cc1ccccc1F. The van der Waals surface area contributed by atoms with E-state index in [0.717, 1.165) is 17.0 Å². The Kier molecular flexibility index (Phi) is 5.08. The zero-order chi connectivity index (χ0) is 19.7. The first-order valence-electron chi connectivity index (χ1n) is 7.52. The normalized spacial score (nSPS) is 15.3. The molecule has 3 amide bonds. The van der Waals surface area contributed by atoms with E-state index >= 15 is 0 Å². The number of amides is 3. The molecule has 0 aromatic heterocycles. The second kappa shape index (κ2) is 7.31. The lowest BCUT2D eigenvalue weighted by atomic mass is 10.1. The van der Waals surface area contributed by atoms with Gasteiger partial charge in [0.25, 0.3) is 11.6 Å². The third-order valence-corrected chi connectivity index (χ3v) is 4.66. The first-order chi connectivity index (χ1) is 12.8. The van der Waals surface area contributed by atoms with Gasteiger partial charge in [0.1, 0.15) is 17.3 Å². The molecule has 27 heavy (non-hydrogen) atoms. The van der Waals surface area contributed by atoms with E-state index in [-0.39, 0.29) is 38.4 Å². The number of aromatic hydroxyl groups is 1. The number of carbonyl (C=O) groups is 2. The number of imide groups is 1. The Balaban J connectivity index is 1.93. The van der Waals surface area contributed by atoms with Crippen molar-refractivity contribution >= 4 is 46.3 Å². The maximum Gasteiger partial charge on any atom is 0.329 e. The van der Waals surface area contributed by atoms with Crippen LogP contribution in [-0.2, 0) is 11.3 Å². The summed E-state index contributed by atoms with van der Waals surface area (Å²) in [6, 6.07) is 7.24. The number of nitro groups is 1. The summed E-state index contributed by atoms with van der Waals surface area (Å²) in [5, 5.41) is 23.4. The Morgan fingerprint density at radius 2 is 2.00 bits per heavy atom. The highest BCUT2D eigenvalue weighted by atomic mass is 127. The highest BCUT2D eigenvalue weighted by Crippen LogP contribution is 2.31. The number of phenolic OH excluding ortho intramolecular Hbond substituents is 1. The predicted molar refractivity (Wildman–Crippen MR) is 101 cm³/mol. The first kappa shape index (κ1) is 18.8. The van der Waals surface area contributed by atoms with Crippen molar-refractivity contribution < 1.29 is 24.0 Å². The third-order valence-electron chi connectivity index (χ3n) is 3.84. The van der Waals surface area contributed by atoms with Crippen LogP contribution in [0.25, 0.3) is 6.08 Å². The molecule has 10 heteroatoms. The van der Waals surface area contributed by atoms with Crippen molar-refractivity contribution in [1.29, 1.82) is 0 Å². The summed E-state index contributed by atoms with van der Waals surface area (Å²) in [4.78, 5) is 35.7. The van der Waals surface area contributed by atoms with Crippen molar-refractivity contribution in [2.24, 2.45) is 0 Å². The molecule has 2 aromatic carbocycles. The maximum absolute atomic E-state index is 13.8. The summed E-state index contributed by atoms with van der Waals surface area (Å²) in [5.74, 6) is -1.55. The van der Waals surface area contributed by atoms with E-state index in [9.17, 15) is 29.2 Å². The van der Waals surface area contributed by atoms with E-state index < -0.39 is 22.7 Å². The number of benzene rings is 2. The van der Waals surface area contributed by atoms with Crippen LogP contribution in [0, 0.1) is 19.5 Å². The largest absolute Gasteiger partial charge is 0.506 e. The second-order valence-electron chi connectivity index (χ2n) is 5.59. The number of phenols is 1. The lowest BCUT2D eigenvalue weighted by Crippen LogP contribution is -2.30. The molecule has 0 bridgehead atoms. The van der Waals surface area contributed by atoms with Gasteiger partial charge in [-0.15, -0.1) is 0 Å². The van der Waals surface area contributed by atoms with Crippen LogP contribution in [0.1, 0.15) is 11.1 Å². The highest BCUT2D eigenvalue weighted by molar-refractivity contribution is 14.1. The van der Waals surface area contributed by atoms with Gasteiger partial charge in [0.2, 0.25) is 0 Å². The van der Waals surface area contributed by atoms with Gasteiger partial charge >= 0.3 is 6.03 Å². The lowest BCUT2D eigenvalue weighted by Gasteiger charge is -2.12. The summed E-state index contributed by atoms with van der Waals surface area (Å²) < 4.78 is 14.0. The lowest BCUT2D eigenvalue weighted by molar-refractivity contribution is -0.385. The van der Waals surface area contributed by atoms with E-state index in [1.807, 2.05) is 0 Å². The summed E-state index contributed by atoms with van der Waals surface area (Å²) >= 11 is 1.72. The number of halogens is 2. The quantitative estimate of drug-likeness (QED) is 0.228. The topological polar surface area (TPSA) is 113 Å². The number of hydrogen-bond acceptors (Lipinski definition) is 5. The average Bonchev–Trinajstić information content (AvgIpc) is 2.87. The monoisotopic (exact) mass is 483 g/mol. The van der Waals surface area contributed by atoms with E-state index in [1.54, 1.807) is 28.7 Å². The van der Waals surface area contributed by atoms with Crippen molar-refractivity contribution in [3.63, 3.8) is 0 Å². The molecule has 2 N–H and O–H groups in total. The molecule has 3 rings (SSSR count). The number of nitrogens with zero attached hydrogens (tertiary/aromatic N) is 2. The minimum absolute atomic E-state index is 0.00462. The van der Waals surface area contributed by atoms with Gasteiger partial charge < -0.3 is 10.4 Å². The fourth-order valence-electron chi connectivity index (χ4n) is 2.49. The molecular formula is C17H11FIN3O5. The van der Waals surface area contributed by atoms with Crippen LogP contribution in [0.15, 0.2) is 42.1 Å². The van der Waals surface area contributed by atoms with E-state index in [2.05, 4.69) is 5.32 Å². The van der Waals surface area contributed by atoms with Crippen molar-refractivity contribution in [3.8, 4) is 5.75 Å². The molecule has 0 atom stereocenters. The fourth-order valence-corrected chi connectivity index (χ4v) is 3.12. The Labute approximate surface area is 165 Å². The molecule has 8 nitrogen and oxygen atoms in total. The molecule has 138 valence electrons. The third kappa shape index (κ3) is 3.74. The van der Waals surface area contributed by atoms with Gasteiger partial charge in [0, 0.05) is 23.3 Å². The molecule has 0 saturated carbocycles. The summed E-state index contributed by atoms with van der Waals surface area (Å²) in [5.41, 5.74) is -0.285. The molecule has 1 fully saturated rings. The number of non-ortho nitro benzene ring substituents is 1. The molecule has 2 aromatic rings. The number of nitrogens with one attached hydrogen (secondary N) is 1. The maximum atomic E-state index is 13.8. The second-order valence-corrected chi connectivity index (χ2v) is 6.76.